The van der Waals surface area contributed by atoms with Gasteiger partial charge in [-0.3, -0.25) is 4.98 Å². The molecule has 0 aliphatic heterocycles. The molecule has 1 aromatic carbocycles. The van der Waals surface area contributed by atoms with Crippen molar-refractivity contribution in [3.8, 4) is 17.2 Å². The lowest BCUT2D eigenvalue weighted by Gasteiger charge is -2.19. The highest BCUT2D eigenvalue weighted by molar-refractivity contribution is 5.56. The van der Waals surface area contributed by atoms with E-state index in [1.807, 2.05) is 0 Å². The van der Waals surface area contributed by atoms with Crippen molar-refractivity contribution in [3.05, 3.63) is 41.7 Å². The molecule has 3 N–H and O–H groups in total. The van der Waals surface area contributed by atoms with E-state index in [0.717, 1.165) is 0 Å². The van der Waals surface area contributed by atoms with Crippen molar-refractivity contribution in [3.63, 3.8) is 0 Å². The second-order valence-corrected chi connectivity index (χ2v) is 4.36. The van der Waals surface area contributed by atoms with Gasteiger partial charge in [0.25, 0.3) is 0 Å². The number of anilines is 1. The summed E-state index contributed by atoms with van der Waals surface area (Å²) in [4.78, 5) is 3.99. The normalized spacial score (nSPS) is 11.8. The maximum Gasteiger partial charge on any atom is 0.164 e. The molecule has 2 rings (SSSR count). The molecule has 0 aliphatic rings. The second kappa shape index (κ2) is 6.32. The number of rotatable bonds is 5. The molecule has 0 bridgehead atoms. The molecule has 112 valence electrons. The zero-order valence-electron chi connectivity index (χ0n) is 12.2. The van der Waals surface area contributed by atoms with Crippen LogP contribution in [0.4, 0.5) is 5.69 Å². The number of hydrogen-bond donors (Lipinski definition) is 2. The van der Waals surface area contributed by atoms with Gasteiger partial charge in [-0.15, -0.1) is 0 Å². The van der Waals surface area contributed by atoms with Crippen molar-refractivity contribution in [1.82, 2.24) is 4.98 Å². The number of aliphatic hydroxyl groups is 1. The largest absolute Gasteiger partial charge is 0.496 e. The number of aromatic nitrogens is 1. The Kier molecular flexibility index (Phi) is 4.49. The Morgan fingerprint density at radius 1 is 1.00 bits per heavy atom. The third-order valence-electron chi connectivity index (χ3n) is 3.21. The van der Waals surface area contributed by atoms with Crippen molar-refractivity contribution in [2.45, 2.75) is 6.10 Å². The number of methoxy groups -OCH3 is 3. The molecule has 21 heavy (non-hydrogen) atoms. The van der Waals surface area contributed by atoms with E-state index in [2.05, 4.69) is 4.98 Å². The maximum absolute atomic E-state index is 10.6. The van der Waals surface area contributed by atoms with Gasteiger partial charge in [-0.05, 0) is 12.1 Å². The summed E-state index contributed by atoms with van der Waals surface area (Å²) in [6.07, 6.45) is 2.11. The lowest BCUT2D eigenvalue weighted by Crippen LogP contribution is -2.07. The quantitative estimate of drug-likeness (QED) is 0.872. The van der Waals surface area contributed by atoms with Gasteiger partial charge in [-0.2, -0.15) is 0 Å². The molecule has 1 atom stereocenters. The van der Waals surface area contributed by atoms with Gasteiger partial charge < -0.3 is 25.1 Å². The van der Waals surface area contributed by atoms with Gasteiger partial charge in [0.05, 0.1) is 21.3 Å². The number of pyridine rings is 1. The Hall–Kier alpha value is -2.47. The lowest BCUT2D eigenvalue weighted by atomic mass is 10.00. The van der Waals surface area contributed by atoms with E-state index >= 15 is 0 Å². The number of nitrogens with two attached hydrogens (primary N) is 1. The Labute approximate surface area is 123 Å². The average molecular weight is 290 g/mol. The van der Waals surface area contributed by atoms with Crippen LogP contribution in [-0.2, 0) is 0 Å². The molecule has 6 nitrogen and oxygen atoms in total. The van der Waals surface area contributed by atoms with Crippen LogP contribution in [0.15, 0.2) is 30.6 Å². The van der Waals surface area contributed by atoms with E-state index in [9.17, 15) is 5.11 Å². The molecule has 1 aromatic heterocycles. The summed E-state index contributed by atoms with van der Waals surface area (Å²) < 4.78 is 15.8. The number of hydrogen-bond acceptors (Lipinski definition) is 6. The highest BCUT2D eigenvalue weighted by Gasteiger charge is 2.21. The zero-order valence-corrected chi connectivity index (χ0v) is 12.2. The zero-order chi connectivity index (χ0) is 15.4. The number of nitrogen functional groups attached to an aromatic ring is 1. The molecule has 0 saturated carbocycles. The number of benzene rings is 1. The molecular weight excluding hydrogens is 272 g/mol. The number of nitrogens with zero attached hydrogens (tertiary/aromatic N) is 1. The fourth-order valence-electron chi connectivity index (χ4n) is 2.08. The smallest absolute Gasteiger partial charge is 0.164 e. The van der Waals surface area contributed by atoms with Crippen molar-refractivity contribution in [2.24, 2.45) is 0 Å². The van der Waals surface area contributed by atoms with Crippen molar-refractivity contribution in [1.29, 1.82) is 0 Å². The van der Waals surface area contributed by atoms with Crippen LogP contribution in [0, 0.1) is 0 Å². The monoisotopic (exact) mass is 290 g/mol. The minimum absolute atomic E-state index is 0.453. The Balaban J connectivity index is 2.54. The van der Waals surface area contributed by atoms with Crippen LogP contribution >= 0.6 is 0 Å². The molecule has 0 aliphatic carbocycles. The topological polar surface area (TPSA) is 86.8 Å². The summed E-state index contributed by atoms with van der Waals surface area (Å²) in [6, 6.07) is 4.95. The predicted octanol–water partition coefficient (Wildman–Crippen LogP) is 1.77. The summed E-state index contributed by atoms with van der Waals surface area (Å²) in [5, 5.41) is 10.6. The van der Waals surface area contributed by atoms with Crippen LogP contribution in [0.1, 0.15) is 17.2 Å². The first-order valence-corrected chi connectivity index (χ1v) is 6.29. The van der Waals surface area contributed by atoms with E-state index in [1.165, 1.54) is 27.5 Å². The third kappa shape index (κ3) is 2.85. The minimum atomic E-state index is -0.978. The molecule has 6 heteroatoms. The SMILES string of the molecule is COc1cc(OC)c(C(O)c2cnccc2N)cc1OC. The molecule has 1 unspecified atom stereocenters. The summed E-state index contributed by atoms with van der Waals surface area (Å²) in [5.41, 5.74) is 7.36. The van der Waals surface area contributed by atoms with Gasteiger partial charge in [0, 0.05) is 35.3 Å². The highest BCUT2D eigenvalue weighted by atomic mass is 16.5. The van der Waals surface area contributed by atoms with Crippen molar-refractivity contribution in [2.75, 3.05) is 27.1 Å². The summed E-state index contributed by atoms with van der Waals surface area (Å²) in [6.45, 7) is 0. The van der Waals surface area contributed by atoms with E-state index in [-0.39, 0.29) is 0 Å². The molecule has 0 radical (unpaired) electrons. The van der Waals surface area contributed by atoms with Crippen LogP contribution in [-0.4, -0.2) is 31.4 Å². The summed E-state index contributed by atoms with van der Waals surface area (Å²) in [5.74, 6) is 1.49. The first-order valence-electron chi connectivity index (χ1n) is 6.29. The first-order chi connectivity index (χ1) is 10.1. The molecule has 0 amide bonds. The van der Waals surface area contributed by atoms with Crippen LogP contribution in [0.25, 0.3) is 0 Å². The van der Waals surface area contributed by atoms with E-state index in [4.69, 9.17) is 19.9 Å². The molecule has 0 saturated heterocycles. The van der Waals surface area contributed by atoms with Gasteiger partial charge >= 0.3 is 0 Å². The standard InChI is InChI=1S/C15H18N2O4/c1-19-12-7-14(21-3)13(20-2)6-9(12)15(18)10-8-17-5-4-11(10)16/h4-8,15,18H,1-3H3,(H2,16,17). The van der Waals surface area contributed by atoms with Crippen LogP contribution < -0.4 is 19.9 Å². The summed E-state index contributed by atoms with van der Waals surface area (Å²) in [7, 11) is 4.58. The van der Waals surface area contributed by atoms with Gasteiger partial charge in [-0.25, -0.2) is 0 Å². The molecule has 0 fully saturated rings. The predicted molar refractivity (Wildman–Crippen MR) is 78.8 cm³/mol. The fraction of sp³-hybridized carbons (Fsp3) is 0.267. The molecule has 1 heterocycles. The highest BCUT2D eigenvalue weighted by Crippen LogP contribution is 2.40. The van der Waals surface area contributed by atoms with Crippen LogP contribution in [0.2, 0.25) is 0 Å². The molecule has 2 aromatic rings. The lowest BCUT2D eigenvalue weighted by molar-refractivity contribution is 0.214. The van der Waals surface area contributed by atoms with E-state index < -0.39 is 6.10 Å². The van der Waals surface area contributed by atoms with Crippen LogP contribution in [0.5, 0.6) is 17.2 Å². The third-order valence-corrected chi connectivity index (χ3v) is 3.21. The molecular formula is C15H18N2O4. The number of aliphatic hydroxyl groups excluding tert-OH is 1. The van der Waals surface area contributed by atoms with Crippen molar-refractivity contribution >= 4 is 5.69 Å². The second-order valence-electron chi connectivity index (χ2n) is 4.36. The average Bonchev–Trinajstić information content (AvgIpc) is 2.53. The van der Waals surface area contributed by atoms with Gasteiger partial charge in [0.1, 0.15) is 11.9 Å². The maximum atomic E-state index is 10.6. The van der Waals surface area contributed by atoms with E-state index in [1.54, 1.807) is 24.4 Å². The van der Waals surface area contributed by atoms with Crippen LogP contribution in [0.3, 0.4) is 0 Å². The first kappa shape index (κ1) is 14.9. The van der Waals surface area contributed by atoms with Gasteiger partial charge in [-0.1, -0.05) is 0 Å². The Morgan fingerprint density at radius 3 is 2.19 bits per heavy atom. The Bertz CT molecular complexity index is 631. The Morgan fingerprint density at radius 2 is 1.62 bits per heavy atom. The van der Waals surface area contributed by atoms with Gasteiger partial charge in [0.15, 0.2) is 11.5 Å². The van der Waals surface area contributed by atoms with Gasteiger partial charge in [0.2, 0.25) is 0 Å². The molecule has 0 spiro atoms. The minimum Gasteiger partial charge on any atom is -0.496 e. The van der Waals surface area contributed by atoms with E-state index in [0.29, 0.717) is 34.1 Å². The summed E-state index contributed by atoms with van der Waals surface area (Å²) >= 11 is 0. The fourth-order valence-corrected chi connectivity index (χ4v) is 2.08. The number of ether oxygens (including phenoxy) is 3. The van der Waals surface area contributed by atoms with Crippen molar-refractivity contribution < 1.29 is 19.3 Å².